The summed E-state index contributed by atoms with van der Waals surface area (Å²) >= 11 is 0. The van der Waals surface area contributed by atoms with Gasteiger partial charge in [-0.3, -0.25) is 4.79 Å². The molecule has 4 nitrogen and oxygen atoms in total. The van der Waals surface area contributed by atoms with Crippen molar-refractivity contribution in [3.63, 3.8) is 0 Å². The highest BCUT2D eigenvalue weighted by atomic mass is 16.2. The molecule has 0 aliphatic carbocycles. The Balaban J connectivity index is 2.52. The van der Waals surface area contributed by atoms with Gasteiger partial charge in [0.25, 0.3) is 5.91 Å². The van der Waals surface area contributed by atoms with Crippen LogP contribution in [0, 0.1) is 6.92 Å². The van der Waals surface area contributed by atoms with Gasteiger partial charge in [-0.2, -0.15) is 0 Å². The van der Waals surface area contributed by atoms with Crippen LogP contribution in [0.4, 0.5) is 0 Å². The van der Waals surface area contributed by atoms with Crippen molar-refractivity contribution in [2.24, 2.45) is 0 Å². The highest BCUT2D eigenvalue weighted by Crippen LogP contribution is 2.01. The van der Waals surface area contributed by atoms with E-state index in [1.807, 2.05) is 26.0 Å². The lowest BCUT2D eigenvalue weighted by atomic mass is 10.2. The van der Waals surface area contributed by atoms with E-state index in [9.17, 15) is 4.79 Å². The molecule has 0 fully saturated rings. The molecule has 1 unspecified atom stereocenters. The van der Waals surface area contributed by atoms with Crippen LogP contribution in [0.5, 0.6) is 0 Å². The van der Waals surface area contributed by atoms with E-state index in [2.05, 4.69) is 10.3 Å². The van der Waals surface area contributed by atoms with Gasteiger partial charge < -0.3 is 10.4 Å². The van der Waals surface area contributed by atoms with Gasteiger partial charge in [-0.05, 0) is 38.8 Å². The molecule has 1 atom stereocenters. The van der Waals surface area contributed by atoms with Crippen LogP contribution in [0.3, 0.4) is 0 Å². The van der Waals surface area contributed by atoms with Gasteiger partial charge >= 0.3 is 0 Å². The number of nitrogens with one attached hydrogen (secondary N) is 1. The molecule has 0 aliphatic rings. The van der Waals surface area contributed by atoms with Crippen LogP contribution < -0.4 is 5.32 Å². The molecule has 16 heavy (non-hydrogen) atoms. The number of pyridine rings is 1. The first-order chi connectivity index (χ1) is 7.63. The molecule has 1 amide bonds. The Hall–Kier alpha value is -1.42. The van der Waals surface area contributed by atoms with Crippen molar-refractivity contribution >= 4 is 5.91 Å². The van der Waals surface area contributed by atoms with Crippen LogP contribution in [0.1, 0.15) is 35.9 Å². The van der Waals surface area contributed by atoms with Gasteiger partial charge in [0.1, 0.15) is 5.69 Å². The fraction of sp³-hybridized carbons (Fsp3) is 0.500. The Morgan fingerprint density at radius 3 is 2.94 bits per heavy atom. The minimum absolute atomic E-state index is 0.0574. The number of carbonyl (C=O) groups excluding carboxylic acids is 1. The molecular weight excluding hydrogens is 204 g/mol. The van der Waals surface area contributed by atoms with Gasteiger partial charge in [0, 0.05) is 18.3 Å². The number of aliphatic hydroxyl groups excluding tert-OH is 1. The number of hydrogen-bond donors (Lipinski definition) is 2. The second-order valence-corrected chi connectivity index (χ2v) is 3.90. The second-order valence-electron chi connectivity index (χ2n) is 3.90. The molecule has 1 heterocycles. The van der Waals surface area contributed by atoms with E-state index in [-0.39, 0.29) is 18.6 Å². The van der Waals surface area contributed by atoms with Crippen LogP contribution in [-0.4, -0.2) is 28.6 Å². The van der Waals surface area contributed by atoms with Crippen LogP contribution in [0.15, 0.2) is 18.2 Å². The van der Waals surface area contributed by atoms with Crippen molar-refractivity contribution in [1.29, 1.82) is 0 Å². The third-order valence-corrected chi connectivity index (χ3v) is 2.29. The van der Waals surface area contributed by atoms with Crippen molar-refractivity contribution in [1.82, 2.24) is 10.3 Å². The zero-order chi connectivity index (χ0) is 12.0. The summed E-state index contributed by atoms with van der Waals surface area (Å²) in [6.07, 6.45) is 1.47. The Bertz CT molecular complexity index is 353. The molecule has 0 aliphatic heterocycles. The number of aromatic nitrogens is 1. The van der Waals surface area contributed by atoms with Crippen molar-refractivity contribution in [2.45, 2.75) is 32.7 Å². The molecule has 1 aromatic rings. The first-order valence-corrected chi connectivity index (χ1v) is 5.49. The first-order valence-electron chi connectivity index (χ1n) is 5.49. The lowest BCUT2D eigenvalue weighted by Crippen LogP contribution is -2.33. The molecule has 1 rings (SSSR count). The van der Waals surface area contributed by atoms with Gasteiger partial charge in [-0.15, -0.1) is 0 Å². The second kappa shape index (κ2) is 6.23. The van der Waals surface area contributed by atoms with Crippen molar-refractivity contribution in [3.05, 3.63) is 29.6 Å². The summed E-state index contributed by atoms with van der Waals surface area (Å²) in [5, 5.41) is 11.5. The van der Waals surface area contributed by atoms with Crippen LogP contribution in [-0.2, 0) is 0 Å². The fourth-order valence-corrected chi connectivity index (χ4v) is 1.44. The molecule has 0 saturated heterocycles. The lowest BCUT2D eigenvalue weighted by Gasteiger charge is -2.12. The molecule has 0 saturated carbocycles. The molecule has 2 N–H and O–H groups in total. The zero-order valence-corrected chi connectivity index (χ0v) is 9.73. The Morgan fingerprint density at radius 2 is 2.31 bits per heavy atom. The van der Waals surface area contributed by atoms with Crippen molar-refractivity contribution in [2.75, 3.05) is 6.61 Å². The molecule has 0 radical (unpaired) electrons. The number of aryl methyl sites for hydroxylation is 1. The predicted molar refractivity (Wildman–Crippen MR) is 62.2 cm³/mol. The summed E-state index contributed by atoms with van der Waals surface area (Å²) in [4.78, 5) is 15.9. The van der Waals surface area contributed by atoms with Crippen LogP contribution in [0.2, 0.25) is 0 Å². The minimum Gasteiger partial charge on any atom is -0.396 e. The van der Waals surface area contributed by atoms with Gasteiger partial charge in [0.2, 0.25) is 0 Å². The average molecular weight is 222 g/mol. The maximum absolute atomic E-state index is 11.7. The number of rotatable bonds is 5. The maximum atomic E-state index is 11.7. The average Bonchev–Trinajstić information content (AvgIpc) is 2.26. The lowest BCUT2D eigenvalue weighted by molar-refractivity contribution is 0.0931. The minimum atomic E-state index is -0.158. The van der Waals surface area contributed by atoms with E-state index in [0.717, 1.165) is 12.1 Å². The molecule has 0 bridgehead atoms. The van der Waals surface area contributed by atoms with Crippen LogP contribution >= 0.6 is 0 Å². The molecular formula is C12H18N2O2. The summed E-state index contributed by atoms with van der Waals surface area (Å²) in [6, 6.07) is 5.42. The van der Waals surface area contributed by atoms with Crippen molar-refractivity contribution in [3.8, 4) is 0 Å². The zero-order valence-electron chi connectivity index (χ0n) is 9.73. The number of aliphatic hydroxyl groups is 1. The van der Waals surface area contributed by atoms with Crippen LogP contribution in [0.25, 0.3) is 0 Å². The van der Waals surface area contributed by atoms with E-state index in [0.29, 0.717) is 12.1 Å². The number of carbonyl (C=O) groups is 1. The third-order valence-electron chi connectivity index (χ3n) is 2.29. The smallest absolute Gasteiger partial charge is 0.270 e. The van der Waals surface area contributed by atoms with E-state index < -0.39 is 0 Å². The standard InChI is InChI=1S/C12H18N2O2/c1-9-5-3-7-11(13-9)12(16)14-10(2)6-4-8-15/h3,5,7,10,15H,4,6,8H2,1-2H3,(H,14,16). The summed E-state index contributed by atoms with van der Waals surface area (Å²) < 4.78 is 0. The number of nitrogens with zero attached hydrogens (tertiary/aromatic N) is 1. The number of hydrogen-bond acceptors (Lipinski definition) is 3. The maximum Gasteiger partial charge on any atom is 0.270 e. The highest BCUT2D eigenvalue weighted by molar-refractivity contribution is 5.92. The Morgan fingerprint density at radius 1 is 1.56 bits per heavy atom. The van der Waals surface area contributed by atoms with Gasteiger partial charge in [-0.1, -0.05) is 6.07 Å². The molecule has 0 spiro atoms. The monoisotopic (exact) mass is 222 g/mol. The number of amides is 1. The molecule has 4 heteroatoms. The Kier molecular flexibility index (Phi) is 4.92. The predicted octanol–water partition coefficient (Wildman–Crippen LogP) is 1.28. The topological polar surface area (TPSA) is 62.2 Å². The normalized spacial score (nSPS) is 12.2. The molecule has 88 valence electrons. The summed E-state index contributed by atoms with van der Waals surface area (Å²) in [6.45, 7) is 3.93. The highest BCUT2D eigenvalue weighted by Gasteiger charge is 2.10. The summed E-state index contributed by atoms with van der Waals surface area (Å²) in [5.74, 6) is -0.158. The quantitative estimate of drug-likeness (QED) is 0.789. The largest absolute Gasteiger partial charge is 0.396 e. The van der Waals surface area contributed by atoms with E-state index in [1.54, 1.807) is 6.07 Å². The van der Waals surface area contributed by atoms with E-state index in [1.165, 1.54) is 0 Å². The summed E-state index contributed by atoms with van der Waals surface area (Å²) in [5.41, 5.74) is 1.27. The first kappa shape index (κ1) is 12.6. The molecule has 1 aromatic heterocycles. The van der Waals surface area contributed by atoms with Gasteiger partial charge in [-0.25, -0.2) is 4.98 Å². The SMILES string of the molecule is Cc1cccc(C(=O)NC(C)CCCO)n1. The van der Waals surface area contributed by atoms with E-state index in [4.69, 9.17) is 5.11 Å². The fourth-order valence-electron chi connectivity index (χ4n) is 1.44. The summed E-state index contributed by atoms with van der Waals surface area (Å²) in [7, 11) is 0. The Labute approximate surface area is 95.7 Å². The van der Waals surface area contributed by atoms with Gasteiger partial charge in [0.15, 0.2) is 0 Å². The van der Waals surface area contributed by atoms with Gasteiger partial charge in [0.05, 0.1) is 0 Å². The van der Waals surface area contributed by atoms with E-state index >= 15 is 0 Å². The third kappa shape index (κ3) is 3.98. The van der Waals surface area contributed by atoms with Crippen molar-refractivity contribution < 1.29 is 9.90 Å². The molecule has 0 aromatic carbocycles.